The Labute approximate surface area is 164 Å². The summed E-state index contributed by atoms with van der Waals surface area (Å²) in [4.78, 5) is 19.8. The van der Waals surface area contributed by atoms with Crippen LogP contribution < -0.4 is 10.2 Å². The van der Waals surface area contributed by atoms with Crippen molar-refractivity contribution >= 4 is 22.6 Å². The van der Waals surface area contributed by atoms with Crippen molar-refractivity contribution in [3.8, 4) is 6.07 Å². The molecular weight excluding hydrogens is 350 g/mol. The van der Waals surface area contributed by atoms with Gasteiger partial charge in [-0.05, 0) is 30.2 Å². The van der Waals surface area contributed by atoms with Gasteiger partial charge in [0.2, 0.25) is 0 Å². The van der Waals surface area contributed by atoms with Crippen LogP contribution in [0.3, 0.4) is 0 Å². The minimum absolute atomic E-state index is 0.0203. The fourth-order valence-corrected chi connectivity index (χ4v) is 3.75. The number of aromatic nitrogens is 1. The number of para-hydroxylation sites is 2. The molecule has 4 rings (SSSR count). The summed E-state index contributed by atoms with van der Waals surface area (Å²) < 4.78 is 0. The Morgan fingerprint density at radius 3 is 2.64 bits per heavy atom. The zero-order chi connectivity index (χ0) is 19.3. The molecule has 0 unspecified atom stereocenters. The summed E-state index contributed by atoms with van der Waals surface area (Å²) in [5, 5.41) is 13.5. The molecule has 1 saturated heterocycles. The van der Waals surface area contributed by atoms with E-state index in [2.05, 4.69) is 33.4 Å². The second kappa shape index (κ2) is 8.05. The van der Waals surface area contributed by atoms with Crippen LogP contribution >= 0.6 is 0 Å². The van der Waals surface area contributed by atoms with E-state index < -0.39 is 0 Å². The van der Waals surface area contributed by atoms with Gasteiger partial charge in [-0.1, -0.05) is 30.3 Å². The second-order valence-corrected chi connectivity index (χ2v) is 6.94. The number of nitriles is 1. The summed E-state index contributed by atoms with van der Waals surface area (Å²) in [6.07, 6.45) is 2.81. The molecule has 28 heavy (non-hydrogen) atoms. The van der Waals surface area contributed by atoms with E-state index >= 15 is 0 Å². The Morgan fingerprint density at radius 2 is 1.82 bits per heavy atom. The van der Waals surface area contributed by atoms with E-state index in [1.165, 1.54) is 10.9 Å². The highest BCUT2D eigenvalue weighted by Crippen LogP contribution is 2.21. The first-order chi connectivity index (χ1) is 13.8. The molecule has 2 aromatic carbocycles. The number of fused-ring (bicyclic) bond motifs is 1. The first-order valence-corrected chi connectivity index (χ1v) is 9.58. The van der Waals surface area contributed by atoms with Gasteiger partial charge in [0.05, 0.1) is 11.3 Å². The summed E-state index contributed by atoms with van der Waals surface area (Å²) in [6.45, 7) is 3.37. The number of hydrogen-bond donors (Lipinski definition) is 2. The van der Waals surface area contributed by atoms with Crippen molar-refractivity contribution in [2.24, 2.45) is 0 Å². The van der Waals surface area contributed by atoms with Gasteiger partial charge in [0.25, 0.3) is 0 Å². The van der Waals surface area contributed by atoms with Gasteiger partial charge in [-0.25, -0.2) is 4.79 Å². The lowest BCUT2D eigenvalue weighted by molar-refractivity contribution is 0.194. The third-order valence-electron chi connectivity index (χ3n) is 5.28. The molecule has 6 heteroatoms. The van der Waals surface area contributed by atoms with Crippen LogP contribution in [0, 0.1) is 11.3 Å². The Hall–Kier alpha value is -3.46. The molecule has 0 spiro atoms. The molecule has 1 fully saturated rings. The molecule has 1 aromatic heterocycles. The van der Waals surface area contributed by atoms with Crippen LogP contribution in [0.1, 0.15) is 11.1 Å². The lowest BCUT2D eigenvalue weighted by Gasteiger charge is -2.36. The molecule has 2 amide bonds. The van der Waals surface area contributed by atoms with Crippen molar-refractivity contribution in [2.45, 2.75) is 6.42 Å². The van der Waals surface area contributed by atoms with Crippen molar-refractivity contribution < 1.29 is 4.79 Å². The van der Waals surface area contributed by atoms with Crippen LogP contribution in [0.2, 0.25) is 0 Å². The van der Waals surface area contributed by atoms with Crippen molar-refractivity contribution in [2.75, 3.05) is 37.6 Å². The fraction of sp³-hybridized carbons (Fsp3) is 0.273. The van der Waals surface area contributed by atoms with Gasteiger partial charge in [-0.3, -0.25) is 0 Å². The minimum atomic E-state index is -0.0203. The van der Waals surface area contributed by atoms with Gasteiger partial charge < -0.3 is 20.1 Å². The second-order valence-electron chi connectivity index (χ2n) is 6.94. The number of urea groups is 1. The van der Waals surface area contributed by atoms with E-state index in [9.17, 15) is 10.1 Å². The summed E-state index contributed by atoms with van der Waals surface area (Å²) in [7, 11) is 0. The molecule has 1 aliphatic heterocycles. The first-order valence-electron chi connectivity index (χ1n) is 9.58. The van der Waals surface area contributed by atoms with Crippen LogP contribution in [0.5, 0.6) is 0 Å². The number of anilines is 1. The van der Waals surface area contributed by atoms with Crippen molar-refractivity contribution in [3.63, 3.8) is 0 Å². The monoisotopic (exact) mass is 373 g/mol. The number of nitrogens with one attached hydrogen (secondary N) is 2. The predicted molar refractivity (Wildman–Crippen MR) is 110 cm³/mol. The van der Waals surface area contributed by atoms with Gasteiger partial charge in [-0.15, -0.1) is 0 Å². The Balaban J connectivity index is 1.28. The average molecular weight is 373 g/mol. The maximum Gasteiger partial charge on any atom is 0.317 e. The van der Waals surface area contributed by atoms with Gasteiger partial charge in [0, 0.05) is 49.8 Å². The molecular formula is C22H23N5O. The molecule has 142 valence electrons. The maximum atomic E-state index is 12.5. The average Bonchev–Trinajstić information content (AvgIpc) is 3.17. The quantitative estimate of drug-likeness (QED) is 0.738. The molecule has 2 N–H and O–H groups in total. The van der Waals surface area contributed by atoms with E-state index in [4.69, 9.17) is 0 Å². The molecule has 2 heterocycles. The first kappa shape index (κ1) is 17.9. The van der Waals surface area contributed by atoms with E-state index in [0.29, 0.717) is 25.2 Å². The lowest BCUT2D eigenvalue weighted by Crippen LogP contribution is -2.52. The molecule has 0 radical (unpaired) electrons. The minimum Gasteiger partial charge on any atom is -0.367 e. The maximum absolute atomic E-state index is 12.5. The Kier molecular flexibility index (Phi) is 5.16. The van der Waals surface area contributed by atoms with Gasteiger partial charge >= 0.3 is 6.03 Å². The molecule has 0 saturated carbocycles. The van der Waals surface area contributed by atoms with Gasteiger partial charge in [0.15, 0.2) is 0 Å². The SMILES string of the molecule is N#Cc1ccccc1N1CCN(C(=O)NCCc2c[nH]c3ccccc23)CC1. The number of H-pyrrole nitrogens is 1. The molecule has 0 aliphatic carbocycles. The largest absolute Gasteiger partial charge is 0.367 e. The summed E-state index contributed by atoms with van der Waals surface area (Å²) in [5.41, 5.74) is 3.97. The third-order valence-corrected chi connectivity index (χ3v) is 5.28. The number of rotatable bonds is 4. The van der Waals surface area contributed by atoms with E-state index in [1.54, 1.807) is 0 Å². The number of carbonyl (C=O) groups excluding carboxylic acids is 1. The van der Waals surface area contributed by atoms with Crippen LogP contribution in [-0.2, 0) is 6.42 Å². The van der Waals surface area contributed by atoms with Crippen molar-refractivity contribution in [1.29, 1.82) is 5.26 Å². The number of nitrogens with zero attached hydrogens (tertiary/aromatic N) is 3. The third kappa shape index (κ3) is 3.65. The van der Waals surface area contributed by atoms with E-state index in [-0.39, 0.29) is 6.03 Å². The molecule has 0 atom stereocenters. The topological polar surface area (TPSA) is 75.2 Å². The molecule has 0 bridgehead atoms. The Bertz CT molecular complexity index is 1010. The van der Waals surface area contributed by atoms with Crippen molar-refractivity contribution in [1.82, 2.24) is 15.2 Å². The number of benzene rings is 2. The van der Waals surface area contributed by atoms with Crippen LogP contribution in [0.4, 0.5) is 10.5 Å². The number of carbonyl (C=O) groups is 1. The highest BCUT2D eigenvalue weighted by molar-refractivity contribution is 5.83. The van der Waals surface area contributed by atoms with Gasteiger partial charge in [-0.2, -0.15) is 5.26 Å². The van der Waals surface area contributed by atoms with Crippen LogP contribution in [0.25, 0.3) is 10.9 Å². The molecule has 1 aliphatic rings. The van der Waals surface area contributed by atoms with Crippen molar-refractivity contribution in [3.05, 3.63) is 65.9 Å². The van der Waals surface area contributed by atoms with Crippen LogP contribution in [-0.4, -0.2) is 48.6 Å². The predicted octanol–water partition coefficient (Wildman–Crippen LogP) is 3.11. The lowest BCUT2D eigenvalue weighted by atomic mass is 10.1. The fourth-order valence-electron chi connectivity index (χ4n) is 3.75. The zero-order valence-electron chi connectivity index (χ0n) is 15.7. The summed E-state index contributed by atoms with van der Waals surface area (Å²) >= 11 is 0. The zero-order valence-corrected chi connectivity index (χ0v) is 15.7. The normalized spacial score (nSPS) is 14.1. The molecule has 3 aromatic rings. The van der Waals surface area contributed by atoms with Crippen LogP contribution in [0.15, 0.2) is 54.7 Å². The smallest absolute Gasteiger partial charge is 0.317 e. The standard InChI is InChI=1S/C22H23N5O/c23-15-17-5-1-4-8-21(17)26-11-13-27(14-12-26)22(28)24-10-9-18-16-25-20-7-3-2-6-19(18)20/h1-8,16,25H,9-14H2,(H,24,28). The summed E-state index contributed by atoms with van der Waals surface area (Å²) in [5.74, 6) is 0. The number of aromatic amines is 1. The summed E-state index contributed by atoms with van der Waals surface area (Å²) in [6, 6.07) is 18.0. The van der Waals surface area contributed by atoms with E-state index in [1.807, 2.05) is 47.5 Å². The molecule has 6 nitrogen and oxygen atoms in total. The van der Waals surface area contributed by atoms with Gasteiger partial charge in [0.1, 0.15) is 6.07 Å². The Morgan fingerprint density at radius 1 is 1.07 bits per heavy atom. The highest BCUT2D eigenvalue weighted by Gasteiger charge is 2.22. The number of hydrogen-bond acceptors (Lipinski definition) is 3. The number of piperazine rings is 1. The number of amides is 2. The van der Waals surface area contributed by atoms with E-state index in [0.717, 1.165) is 30.7 Å². The highest BCUT2D eigenvalue weighted by atomic mass is 16.2.